The SMILES string of the molecule is c1ccc(-c2ccc(-c3ccc(N(c4cccc(-c5ccc6c(ccc7ccccc76)c5)c4)c4ccc5c6c(cccc46)-c4ccccc4-5)cc3)s2)cc1. The third-order valence-corrected chi connectivity index (χ3v) is 12.2. The third kappa shape index (κ3) is 4.99. The Bertz CT molecular complexity index is 3020. The fourth-order valence-corrected chi connectivity index (χ4v) is 9.47. The molecular weight excluding hydrogens is 671 g/mol. The van der Waals surface area contributed by atoms with Crippen LogP contribution in [-0.4, -0.2) is 0 Å². The molecule has 2 heteroatoms. The van der Waals surface area contributed by atoms with Crippen molar-refractivity contribution in [2.75, 3.05) is 4.90 Å². The van der Waals surface area contributed by atoms with Gasteiger partial charge < -0.3 is 4.90 Å². The lowest BCUT2D eigenvalue weighted by molar-refractivity contribution is 1.30. The number of hydrogen-bond donors (Lipinski definition) is 0. The van der Waals surface area contributed by atoms with Crippen molar-refractivity contribution in [2.45, 2.75) is 0 Å². The molecule has 9 aromatic carbocycles. The Kier molecular flexibility index (Phi) is 7.11. The van der Waals surface area contributed by atoms with Gasteiger partial charge in [-0.3, -0.25) is 0 Å². The quantitative estimate of drug-likeness (QED) is 0.156. The molecular formula is C52H33NS. The van der Waals surface area contributed by atoms with E-state index in [1.54, 1.807) is 0 Å². The second kappa shape index (κ2) is 12.4. The molecule has 11 rings (SSSR count). The van der Waals surface area contributed by atoms with Crippen molar-refractivity contribution in [2.24, 2.45) is 0 Å². The zero-order valence-electron chi connectivity index (χ0n) is 29.4. The summed E-state index contributed by atoms with van der Waals surface area (Å²) in [5.74, 6) is 0. The molecule has 0 amide bonds. The molecule has 1 aliphatic rings. The first kappa shape index (κ1) is 30.8. The van der Waals surface area contributed by atoms with E-state index >= 15 is 0 Å². The number of benzene rings is 9. The Morgan fingerprint density at radius 3 is 1.74 bits per heavy atom. The van der Waals surface area contributed by atoms with Crippen molar-refractivity contribution in [1.82, 2.24) is 0 Å². The van der Waals surface area contributed by atoms with Crippen LogP contribution in [0.15, 0.2) is 200 Å². The molecule has 54 heavy (non-hydrogen) atoms. The van der Waals surface area contributed by atoms with E-state index in [1.807, 2.05) is 11.3 Å². The Morgan fingerprint density at radius 2 is 0.907 bits per heavy atom. The second-order valence-electron chi connectivity index (χ2n) is 14.1. The summed E-state index contributed by atoms with van der Waals surface area (Å²) in [7, 11) is 0. The minimum atomic E-state index is 1.12. The van der Waals surface area contributed by atoms with Crippen molar-refractivity contribution in [3.8, 4) is 54.3 Å². The number of rotatable bonds is 6. The van der Waals surface area contributed by atoms with Gasteiger partial charge in [0.2, 0.25) is 0 Å². The largest absolute Gasteiger partial charge is 0.310 e. The smallest absolute Gasteiger partial charge is 0.0540 e. The Hall–Kier alpha value is -6.74. The summed E-state index contributed by atoms with van der Waals surface area (Å²) >= 11 is 1.84. The molecule has 0 radical (unpaired) electrons. The highest BCUT2D eigenvalue weighted by molar-refractivity contribution is 7.18. The minimum Gasteiger partial charge on any atom is -0.310 e. The summed E-state index contributed by atoms with van der Waals surface area (Å²) in [5.41, 5.74) is 13.5. The molecule has 0 atom stereocenters. The van der Waals surface area contributed by atoms with Gasteiger partial charge in [-0.2, -0.15) is 0 Å². The van der Waals surface area contributed by atoms with Crippen LogP contribution in [0.2, 0.25) is 0 Å². The number of fused-ring (bicyclic) bond motifs is 6. The van der Waals surface area contributed by atoms with E-state index in [9.17, 15) is 0 Å². The predicted octanol–water partition coefficient (Wildman–Crippen LogP) is 15.3. The van der Waals surface area contributed by atoms with Gasteiger partial charge in [-0.05, 0) is 120 Å². The highest BCUT2D eigenvalue weighted by Crippen LogP contribution is 2.51. The molecule has 0 fully saturated rings. The number of nitrogens with zero attached hydrogens (tertiary/aromatic N) is 1. The Labute approximate surface area is 318 Å². The van der Waals surface area contributed by atoms with Gasteiger partial charge >= 0.3 is 0 Å². The van der Waals surface area contributed by atoms with Gasteiger partial charge in [-0.25, -0.2) is 0 Å². The average molecular weight is 704 g/mol. The van der Waals surface area contributed by atoms with E-state index in [0.29, 0.717) is 0 Å². The van der Waals surface area contributed by atoms with E-state index in [1.165, 1.54) is 92.3 Å². The maximum Gasteiger partial charge on any atom is 0.0540 e. The molecule has 1 nitrogen and oxygen atoms in total. The lowest BCUT2D eigenvalue weighted by atomic mass is 9.97. The summed E-state index contributed by atoms with van der Waals surface area (Å²) in [6.45, 7) is 0. The molecule has 10 aromatic rings. The fourth-order valence-electron chi connectivity index (χ4n) is 8.46. The maximum absolute atomic E-state index is 2.44. The van der Waals surface area contributed by atoms with Crippen molar-refractivity contribution in [1.29, 1.82) is 0 Å². The maximum atomic E-state index is 2.44. The summed E-state index contributed by atoms with van der Waals surface area (Å²) in [6, 6.07) is 73.5. The van der Waals surface area contributed by atoms with Crippen LogP contribution in [-0.2, 0) is 0 Å². The molecule has 0 N–H and O–H groups in total. The zero-order chi connectivity index (χ0) is 35.6. The molecule has 1 aromatic heterocycles. The van der Waals surface area contributed by atoms with Crippen molar-refractivity contribution in [3.63, 3.8) is 0 Å². The predicted molar refractivity (Wildman–Crippen MR) is 232 cm³/mol. The van der Waals surface area contributed by atoms with Crippen LogP contribution in [0.1, 0.15) is 0 Å². The van der Waals surface area contributed by atoms with Crippen molar-refractivity contribution < 1.29 is 0 Å². The van der Waals surface area contributed by atoms with Crippen molar-refractivity contribution >= 4 is 60.7 Å². The molecule has 0 unspecified atom stereocenters. The molecule has 0 aliphatic heterocycles. The molecule has 0 bridgehead atoms. The number of thiophene rings is 1. The first-order chi connectivity index (χ1) is 26.8. The second-order valence-corrected chi connectivity index (χ2v) is 15.2. The molecule has 252 valence electrons. The first-order valence-electron chi connectivity index (χ1n) is 18.5. The molecule has 0 saturated carbocycles. The normalized spacial score (nSPS) is 11.7. The average Bonchev–Trinajstić information content (AvgIpc) is 3.87. The topological polar surface area (TPSA) is 3.24 Å². The van der Waals surface area contributed by atoms with Gasteiger partial charge in [0.15, 0.2) is 0 Å². The van der Waals surface area contributed by atoms with E-state index in [4.69, 9.17) is 0 Å². The van der Waals surface area contributed by atoms with Crippen LogP contribution in [0.4, 0.5) is 17.1 Å². The standard InChI is InChI=1S/C52H33NS/c1-2-11-35(12-3-1)50-30-31-51(54-50)36-22-25-40(26-23-36)53(49-29-28-47-45-17-7-6-16-44(45)46-18-9-19-48(49)52(46)47)41-14-8-13-37(33-41)38-24-27-43-39(32-38)21-20-34-10-4-5-15-42(34)43/h1-33H. The zero-order valence-corrected chi connectivity index (χ0v) is 30.2. The Morgan fingerprint density at radius 1 is 0.315 bits per heavy atom. The highest BCUT2D eigenvalue weighted by atomic mass is 32.1. The summed E-state index contributed by atoms with van der Waals surface area (Å²) < 4.78 is 0. The lowest BCUT2D eigenvalue weighted by Gasteiger charge is -2.28. The Balaban J connectivity index is 1.05. The fraction of sp³-hybridized carbons (Fsp3) is 0. The van der Waals surface area contributed by atoms with Crippen LogP contribution in [0, 0.1) is 0 Å². The lowest BCUT2D eigenvalue weighted by Crippen LogP contribution is -2.10. The molecule has 1 heterocycles. The highest BCUT2D eigenvalue weighted by Gasteiger charge is 2.25. The van der Waals surface area contributed by atoms with Crippen LogP contribution in [0.5, 0.6) is 0 Å². The van der Waals surface area contributed by atoms with E-state index in [-0.39, 0.29) is 0 Å². The molecule has 1 aliphatic carbocycles. The summed E-state index contributed by atoms with van der Waals surface area (Å²) in [5, 5.41) is 7.66. The molecule has 0 spiro atoms. The van der Waals surface area contributed by atoms with Gasteiger partial charge in [0.1, 0.15) is 0 Å². The third-order valence-electron chi connectivity index (χ3n) is 11.0. The van der Waals surface area contributed by atoms with E-state index in [0.717, 1.165) is 11.4 Å². The van der Waals surface area contributed by atoms with Gasteiger partial charge in [-0.1, -0.05) is 152 Å². The van der Waals surface area contributed by atoms with Crippen LogP contribution in [0.25, 0.3) is 86.6 Å². The van der Waals surface area contributed by atoms with Crippen LogP contribution in [0.3, 0.4) is 0 Å². The monoisotopic (exact) mass is 703 g/mol. The van der Waals surface area contributed by atoms with Crippen LogP contribution < -0.4 is 4.90 Å². The van der Waals surface area contributed by atoms with Crippen LogP contribution >= 0.6 is 11.3 Å². The minimum absolute atomic E-state index is 1.12. The number of anilines is 3. The van der Waals surface area contributed by atoms with Crippen molar-refractivity contribution in [3.05, 3.63) is 200 Å². The summed E-state index contributed by atoms with van der Waals surface area (Å²) in [6.07, 6.45) is 0. The van der Waals surface area contributed by atoms with Gasteiger partial charge in [0.05, 0.1) is 5.69 Å². The number of hydrogen-bond acceptors (Lipinski definition) is 2. The molecule has 0 saturated heterocycles. The van der Waals surface area contributed by atoms with E-state index in [2.05, 4.69) is 205 Å². The van der Waals surface area contributed by atoms with E-state index < -0.39 is 0 Å². The van der Waals surface area contributed by atoms with Gasteiger partial charge in [0, 0.05) is 26.5 Å². The summed E-state index contributed by atoms with van der Waals surface area (Å²) in [4.78, 5) is 4.99. The van der Waals surface area contributed by atoms with Gasteiger partial charge in [-0.15, -0.1) is 11.3 Å². The van der Waals surface area contributed by atoms with Gasteiger partial charge in [0.25, 0.3) is 0 Å². The first-order valence-corrected chi connectivity index (χ1v) is 19.3.